The quantitative estimate of drug-likeness (QED) is 0.785. The normalized spacial score (nSPS) is 16.9. The lowest BCUT2D eigenvalue weighted by molar-refractivity contribution is 0.453. The molecule has 0 bridgehead atoms. The molecule has 0 amide bonds. The highest BCUT2D eigenvalue weighted by atomic mass is 32.1. The van der Waals surface area contributed by atoms with E-state index >= 15 is 0 Å². The Morgan fingerprint density at radius 1 is 1.22 bits per heavy atom. The second-order valence-electron chi connectivity index (χ2n) is 5.89. The van der Waals surface area contributed by atoms with Crippen LogP contribution in [0.2, 0.25) is 0 Å². The summed E-state index contributed by atoms with van der Waals surface area (Å²) in [4.78, 5) is 3.26. The molecule has 0 saturated carbocycles. The molecule has 102 valence electrons. The van der Waals surface area contributed by atoms with Crippen molar-refractivity contribution in [3.05, 3.63) is 21.4 Å². The van der Waals surface area contributed by atoms with Crippen molar-refractivity contribution in [3.8, 4) is 0 Å². The highest BCUT2D eigenvalue weighted by Crippen LogP contribution is 2.34. The molecule has 1 aromatic rings. The Labute approximate surface area is 116 Å². The number of aryl methyl sites for hydroxylation is 2. The lowest BCUT2D eigenvalue weighted by Crippen LogP contribution is -2.20. The van der Waals surface area contributed by atoms with Gasteiger partial charge in [0, 0.05) is 15.8 Å². The predicted octanol–water partition coefficient (Wildman–Crippen LogP) is 4.71. The standard InChI is InChI=1S/C16H27NS/c1-4-17-14(10-9-12(2)3)16-11-13-7-5-6-8-15(13)18-16/h11-12,14,17H,4-10H2,1-3H3. The van der Waals surface area contributed by atoms with E-state index in [1.54, 1.807) is 15.3 Å². The molecule has 0 aromatic carbocycles. The minimum absolute atomic E-state index is 0.591. The van der Waals surface area contributed by atoms with Crippen molar-refractivity contribution < 1.29 is 0 Å². The van der Waals surface area contributed by atoms with E-state index in [0.717, 1.165) is 12.5 Å². The van der Waals surface area contributed by atoms with Crippen molar-refractivity contribution in [2.45, 2.75) is 65.3 Å². The SMILES string of the molecule is CCNC(CCC(C)C)c1cc2c(s1)CCCC2. The largest absolute Gasteiger partial charge is 0.310 e. The van der Waals surface area contributed by atoms with Crippen LogP contribution in [0.1, 0.15) is 67.8 Å². The predicted molar refractivity (Wildman–Crippen MR) is 81.5 cm³/mol. The Hall–Kier alpha value is -0.340. The topological polar surface area (TPSA) is 12.0 Å². The third-order valence-corrected chi connectivity index (χ3v) is 5.19. The summed E-state index contributed by atoms with van der Waals surface area (Å²) in [6.07, 6.45) is 8.02. The van der Waals surface area contributed by atoms with Gasteiger partial charge in [0.1, 0.15) is 0 Å². The van der Waals surface area contributed by atoms with E-state index in [0.29, 0.717) is 6.04 Å². The molecule has 0 fully saturated rings. The first kappa shape index (κ1) is 14.1. The van der Waals surface area contributed by atoms with E-state index < -0.39 is 0 Å². The second-order valence-corrected chi connectivity index (χ2v) is 7.05. The molecule has 1 aliphatic carbocycles. The zero-order chi connectivity index (χ0) is 13.0. The van der Waals surface area contributed by atoms with Crippen molar-refractivity contribution in [1.82, 2.24) is 5.32 Å². The summed E-state index contributed by atoms with van der Waals surface area (Å²) in [5.74, 6) is 0.806. The fourth-order valence-corrected chi connectivity index (χ4v) is 4.14. The molecule has 1 nitrogen and oxygen atoms in total. The summed E-state index contributed by atoms with van der Waals surface area (Å²) < 4.78 is 0. The van der Waals surface area contributed by atoms with Crippen molar-refractivity contribution in [1.29, 1.82) is 0 Å². The Morgan fingerprint density at radius 2 is 2.00 bits per heavy atom. The van der Waals surface area contributed by atoms with Crippen LogP contribution in [0.4, 0.5) is 0 Å². The van der Waals surface area contributed by atoms with Gasteiger partial charge in [-0.25, -0.2) is 0 Å². The highest BCUT2D eigenvalue weighted by Gasteiger charge is 2.18. The Balaban J connectivity index is 2.06. The van der Waals surface area contributed by atoms with Gasteiger partial charge in [0.2, 0.25) is 0 Å². The van der Waals surface area contributed by atoms with Crippen LogP contribution >= 0.6 is 11.3 Å². The molecule has 1 heterocycles. The third kappa shape index (κ3) is 3.58. The molecule has 0 aliphatic heterocycles. The average Bonchev–Trinajstić information content (AvgIpc) is 2.77. The first-order chi connectivity index (χ1) is 8.70. The number of hydrogen-bond acceptors (Lipinski definition) is 2. The van der Waals surface area contributed by atoms with Crippen molar-refractivity contribution >= 4 is 11.3 Å². The number of rotatable bonds is 6. The van der Waals surface area contributed by atoms with E-state index in [9.17, 15) is 0 Å². The monoisotopic (exact) mass is 265 g/mol. The Kier molecular flexibility index (Phi) is 5.25. The van der Waals surface area contributed by atoms with Gasteiger partial charge in [-0.2, -0.15) is 0 Å². The summed E-state index contributed by atoms with van der Waals surface area (Å²) in [7, 11) is 0. The summed E-state index contributed by atoms with van der Waals surface area (Å²) in [5, 5.41) is 3.67. The molecule has 1 aromatic heterocycles. The maximum atomic E-state index is 3.67. The van der Waals surface area contributed by atoms with E-state index in [1.807, 2.05) is 0 Å². The first-order valence-corrected chi connectivity index (χ1v) is 8.37. The van der Waals surface area contributed by atoms with Crippen LogP contribution in [0.5, 0.6) is 0 Å². The summed E-state index contributed by atoms with van der Waals surface area (Å²) in [5.41, 5.74) is 1.65. The lowest BCUT2D eigenvalue weighted by Gasteiger charge is -2.17. The van der Waals surface area contributed by atoms with Crippen LogP contribution in [0.15, 0.2) is 6.07 Å². The smallest absolute Gasteiger partial charge is 0.0415 e. The van der Waals surface area contributed by atoms with Gasteiger partial charge in [0.15, 0.2) is 0 Å². The van der Waals surface area contributed by atoms with E-state index in [2.05, 4.69) is 43.5 Å². The average molecular weight is 265 g/mol. The van der Waals surface area contributed by atoms with Crippen molar-refractivity contribution in [3.63, 3.8) is 0 Å². The Bertz CT molecular complexity index is 344. The third-order valence-electron chi connectivity index (χ3n) is 3.84. The first-order valence-electron chi connectivity index (χ1n) is 7.55. The zero-order valence-corrected chi connectivity index (χ0v) is 12.9. The maximum absolute atomic E-state index is 3.67. The van der Waals surface area contributed by atoms with Gasteiger partial charge in [0.05, 0.1) is 0 Å². The second kappa shape index (κ2) is 6.72. The maximum Gasteiger partial charge on any atom is 0.0415 e. The molecule has 18 heavy (non-hydrogen) atoms. The van der Waals surface area contributed by atoms with Crippen molar-refractivity contribution in [2.75, 3.05) is 6.54 Å². The molecule has 0 radical (unpaired) electrons. The van der Waals surface area contributed by atoms with Gasteiger partial charge in [-0.05, 0) is 62.6 Å². The molecule has 0 saturated heterocycles. The van der Waals surface area contributed by atoms with Crippen LogP contribution in [-0.2, 0) is 12.8 Å². The van der Waals surface area contributed by atoms with Crippen LogP contribution < -0.4 is 5.32 Å². The summed E-state index contributed by atoms with van der Waals surface area (Å²) in [6.45, 7) is 7.94. The summed E-state index contributed by atoms with van der Waals surface area (Å²) in [6, 6.07) is 3.08. The highest BCUT2D eigenvalue weighted by molar-refractivity contribution is 7.12. The molecular weight excluding hydrogens is 238 g/mol. The fraction of sp³-hybridized carbons (Fsp3) is 0.750. The molecule has 1 aliphatic rings. The van der Waals surface area contributed by atoms with Crippen LogP contribution in [-0.4, -0.2) is 6.54 Å². The fourth-order valence-electron chi connectivity index (χ4n) is 2.78. The Morgan fingerprint density at radius 3 is 2.67 bits per heavy atom. The molecule has 1 unspecified atom stereocenters. The summed E-state index contributed by atoms with van der Waals surface area (Å²) >= 11 is 2.07. The van der Waals surface area contributed by atoms with Gasteiger partial charge >= 0.3 is 0 Å². The van der Waals surface area contributed by atoms with Gasteiger partial charge in [-0.3, -0.25) is 0 Å². The minimum atomic E-state index is 0.591. The number of fused-ring (bicyclic) bond motifs is 1. The van der Waals surface area contributed by atoms with Crippen LogP contribution in [0, 0.1) is 5.92 Å². The van der Waals surface area contributed by atoms with E-state index in [-0.39, 0.29) is 0 Å². The van der Waals surface area contributed by atoms with Gasteiger partial charge in [-0.1, -0.05) is 20.8 Å². The minimum Gasteiger partial charge on any atom is -0.310 e. The number of nitrogens with one attached hydrogen (secondary N) is 1. The number of thiophene rings is 1. The van der Waals surface area contributed by atoms with Gasteiger partial charge in [-0.15, -0.1) is 11.3 Å². The van der Waals surface area contributed by atoms with Gasteiger partial charge in [0.25, 0.3) is 0 Å². The zero-order valence-electron chi connectivity index (χ0n) is 12.1. The molecular formula is C16H27NS. The molecule has 2 rings (SSSR count). The molecule has 1 atom stereocenters. The van der Waals surface area contributed by atoms with E-state index in [4.69, 9.17) is 0 Å². The van der Waals surface area contributed by atoms with Crippen LogP contribution in [0.25, 0.3) is 0 Å². The van der Waals surface area contributed by atoms with Crippen molar-refractivity contribution in [2.24, 2.45) is 5.92 Å². The lowest BCUT2D eigenvalue weighted by atomic mass is 9.97. The number of hydrogen-bond donors (Lipinski definition) is 1. The van der Waals surface area contributed by atoms with E-state index in [1.165, 1.54) is 38.5 Å². The van der Waals surface area contributed by atoms with Gasteiger partial charge < -0.3 is 5.32 Å². The molecule has 1 N–H and O–H groups in total. The molecule has 0 spiro atoms. The molecule has 2 heteroatoms. The van der Waals surface area contributed by atoms with Crippen LogP contribution in [0.3, 0.4) is 0 Å².